The van der Waals surface area contributed by atoms with E-state index in [1.165, 1.54) is 0 Å². The van der Waals surface area contributed by atoms with Crippen molar-refractivity contribution in [2.75, 3.05) is 0 Å². The highest BCUT2D eigenvalue weighted by Crippen LogP contribution is 2.30. The van der Waals surface area contributed by atoms with E-state index in [-0.39, 0.29) is 17.2 Å². The van der Waals surface area contributed by atoms with E-state index < -0.39 is 9.05 Å². The Kier molecular flexibility index (Phi) is 3.94. The maximum Gasteiger partial charge on any atom is 0.236 e. The van der Waals surface area contributed by atoms with Gasteiger partial charge in [0.15, 0.2) is 0 Å². The van der Waals surface area contributed by atoms with Crippen LogP contribution in [0.5, 0.6) is 0 Å². The highest BCUT2D eigenvalue weighted by atomic mass is 35.7. The van der Waals surface area contributed by atoms with Crippen LogP contribution in [0.15, 0.2) is 6.20 Å². The summed E-state index contributed by atoms with van der Waals surface area (Å²) in [6, 6.07) is 0.188. The topological polar surface area (TPSA) is 52.0 Å². The largest absolute Gasteiger partial charge is 0.269 e. The van der Waals surface area contributed by atoms with Gasteiger partial charge in [-0.25, -0.2) is 8.42 Å². The molecule has 0 aliphatic carbocycles. The molecule has 98 valence electrons. The van der Waals surface area contributed by atoms with Gasteiger partial charge >= 0.3 is 0 Å². The van der Waals surface area contributed by atoms with E-state index in [9.17, 15) is 8.42 Å². The van der Waals surface area contributed by atoms with Crippen LogP contribution >= 0.6 is 10.7 Å². The van der Waals surface area contributed by atoms with Crippen molar-refractivity contribution in [3.8, 4) is 0 Å². The molecular formula is C11H19ClN2O2S. The molecular weight excluding hydrogens is 260 g/mol. The van der Waals surface area contributed by atoms with Crippen molar-refractivity contribution in [1.29, 1.82) is 0 Å². The predicted octanol–water partition coefficient (Wildman–Crippen LogP) is 2.87. The SMILES string of the molecule is Cc1nn(C(C)C(C)(C)C)cc1CS(=O)(=O)Cl. The van der Waals surface area contributed by atoms with Gasteiger partial charge in [-0.15, -0.1) is 0 Å². The molecule has 0 bridgehead atoms. The molecule has 1 unspecified atom stereocenters. The molecule has 6 heteroatoms. The third-order valence-corrected chi connectivity index (χ3v) is 3.98. The van der Waals surface area contributed by atoms with Crippen LogP contribution in [0.2, 0.25) is 0 Å². The molecule has 1 rings (SSSR count). The molecule has 4 nitrogen and oxygen atoms in total. The zero-order chi connectivity index (χ0) is 13.4. The van der Waals surface area contributed by atoms with Gasteiger partial charge in [-0.05, 0) is 19.3 Å². The fraction of sp³-hybridized carbons (Fsp3) is 0.727. The van der Waals surface area contributed by atoms with E-state index in [0.29, 0.717) is 11.3 Å². The third kappa shape index (κ3) is 4.00. The first-order valence-electron chi connectivity index (χ1n) is 5.47. The first-order chi connectivity index (χ1) is 7.50. The van der Waals surface area contributed by atoms with Crippen LogP contribution in [0, 0.1) is 12.3 Å². The van der Waals surface area contributed by atoms with Gasteiger partial charge in [-0.3, -0.25) is 4.68 Å². The Morgan fingerprint density at radius 2 is 2.00 bits per heavy atom. The van der Waals surface area contributed by atoms with E-state index in [0.717, 1.165) is 0 Å². The minimum Gasteiger partial charge on any atom is -0.269 e. The lowest BCUT2D eigenvalue weighted by molar-refractivity contribution is 0.244. The lowest BCUT2D eigenvalue weighted by atomic mass is 9.88. The number of hydrogen-bond donors (Lipinski definition) is 0. The van der Waals surface area contributed by atoms with Crippen LogP contribution in [0.4, 0.5) is 0 Å². The van der Waals surface area contributed by atoms with E-state index in [1.54, 1.807) is 13.1 Å². The van der Waals surface area contributed by atoms with E-state index in [2.05, 4.69) is 32.8 Å². The van der Waals surface area contributed by atoms with E-state index in [1.807, 2.05) is 4.68 Å². The van der Waals surface area contributed by atoms with Gasteiger partial charge in [0.1, 0.15) is 0 Å². The first-order valence-corrected chi connectivity index (χ1v) is 7.95. The smallest absolute Gasteiger partial charge is 0.236 e. The Morgan fingerprint density at radius 3 is 2.41 bits per heavy atom. The van der Waals surface area contributed by atoms with Crippen molar-refractivity contribution >= 4 is 19.7 Å². The average Bonchev–Trinajstić information content (AvgIpc) is 2.42. The lowest BCUT2D eigenvalue weighted by Gasteiger charge is -2.27. The van der Waals surface area contributed by atoms with Crippen LogP contribution in [0.1, 0.15) is 45.0 Å². The first kappa shape index (κ1) is 14.5. The summed E-state index contributed by atoms with van der Waals surface area (Å²) in [6.45, 7) is 10.2. The molecule has 0 saturated heterocycles. The van der Waals surface area contributed by atoms with Crippen molar-refractivity contribution < 1.29 is 8.42 Å². The number of rotatable bonds is 3. The Morgan fingerprint density at radius 1 is 1.47 bits per heavy atom. The van der Waals surface area contributed by atoms with Gasteiger partial charge in [0, 0.05) is 22.4 Å². The van der Waals surface area contributed by atoms with Gasteiger partial charge in [-0.1, -0.05) is 20.8 Å². The lowest BCUT2D eigenvalue weighted by Crippen LogP contribution is -2.22. The van der Waals surface area contributed by atoms with Crippen LogP contribution < -0.4 is 0 Å². The summed E-state index contributed by atoms with van der Waals surface area (Å²) in [7, 11) is 1.72. The zero-order valence-corrected chi connectivity index (χ0v) is 12.4. The van der Waals surface area contributed by atoms with Crippen molar-refractivity contribution in [3.63, 3.8) is 0 Å². The molecule has 1 atom stereocenters. The maximum atomic E-state index is 11.1. The number of aryl methyl sites for hydroxylation is 1. The fourth-order valence-electron chi connectivity index (χ4n) is 1.44. The molecule has 0 saturated carbocycles. The van der Waals surface area contributed by atoms with Crippen molar-refractivity contribution in [2.45, 2.75) is 46.4 Å². The highest BCUT2D eigenvalue weighted by Gasteiger charge is 2.23. The van der Waals surface area contributed by atoms with Crippen LogP contribution in [-0.2, 0) is 14.8 Å². The summed E-state index contributed by atoms with van der Waals surface area (Å²) in [5, 5.41) is 4.35. The molecule has 0 amide bonds. The van der Waals surface area contributed by atoms with E-state index >= 15 is 0 Å². The molecule has 1 heterocycles. The molecule has 0 radical (unpaired) electrons. The monoisotopic (exact) mass is 278 g/mol. The summed E-state index contributed by atoms with van der Waals surface area (Å²) >= 11 is 0. The number of halogens is 1. The van der Waals surface area contributed by atoms with E-state index in [4.69, 9.17) is 10.7 Å². The van der Waals surface area contributed by atoms with Crippen molar-refractivity contribution in [1.82, 2.24) is 9.78 Å². The minimum absolute atomic E-state index is 0.0650. The van der Waals surface area contributed by atoms with Gasteiger partial charge in [0.2, 0.25) is 9.05 Å². The fourth-order valence-corrected chi connectivity index (χ4v) is 2.45. The molecule has 0 aliphatic rings. The summed E-state index contributed by atoms with van der Waals surface area (Å²) in [5.41, 5.74) is 1.44. The van der Waals surface area contributed by atoms with Crippen LogP contribution in [0.25, 0.3) is 0 Å². The zero-order valence-electron chi connectivity index (χ0n) is 10.9. The second-order valence-corrected chi connectivity index (χ2v) is 8.22. The van der Waals surface area contributed by atoms with Gasteiger partial charge < -0.3 is 0 Å². The summed E-state index contributed by atoms with van der Waals surface area (Å²) < 4.78 is 23.9. The molecule has 0 aliphatic heterocycles. The minimum atomic E-state index is -3.53. The van der Waals surface area contributed by atoms with Crippen molar-refractivity contribution in [3.05, 3.63) is 17.5 Å². The van der Waals surface area contributed by atoms with Crippen molar-refractivity contribution in [2.24, 2.45) is 5.41 Å². The molecule has 1 aromatic rings. The Labute approximate surface area is 107 Å². The Bertz CT molecular complexity index is 500. The summed E-state index contributed by atoms with van der Waals surface area (Å²) in [4.78, 5) is 0. The third-order valence-electron chi connectivity index (χ3n) is 3.00. The van der Waals surface area contributed by atoms with Gasteiger partial charge in [0.05, 0.1) is 17.5 Å². The normalized spacial score (nSPS) is 14.9. The maximum absolute atomic E-state index is 11.1. The molecule has 0 fully saturated rings. The number of aromatic nitrogens is 2. The van der Waals surface area contributed by atoms with Crippen LogP contribution in [0.3, 0.4) is 0 Å². The predicted molar refractivity (Wildman–Crippen MR) is 69.6 cm³/mol. The average molecular weight is 279 g/mol. The Balaban J connectivity index is 3.04. The molecule has 0 aromatic carbocycles. The second-order valence-electron chi connectivity index (χ2n) is 5.44. The Hall–Kier alpha value is -0.550. The summed E-state index contributed by atoms with van der Waals surface area (Å²) in [5.74, 6) is -0.169. The van der Waals surface area contributed by atoms with Gasteiger partial charge in [0.25, 0.3) is 0 Å². The highest BCUT2D eigenvalue weighted by molar-refractivity contribution is 8.13. The molecule has 1 aromatic heterocycles. The molecule has 0 spiro atoms. The second kappa shape index (κ2) is 4.61. The van der Waals surface area contributed by atoms with Gasteiger partial charge in [-0.2, -0.15) is 5.10 Å². The van der Waals surface area contributed by atoms with Crippen LogP contribution in [-0.4, -0.2) is 18.2 Å². The molecule has 0 N–H and O–H groups in total. The number of nitrogens with zero attached hydrogens (tertiary/aromatic N) is 2. The quantitative estimate of drug-likeness (QED) is 0.799. The molecule has 17 heavy (non-hydrogen) atoms. The summed E-state index contributed by atoms with van der Waals surface area (Å²) in [6.07, 6.45) is 1.77. The number of hydrogen-bond acceptors (Lipinski definition) is 3. The standard InChI is InChI=1S/C11H19ClN2O2S/c1-8-10(7-17(12,15)16)6-14(13-8)9(2)11(3,4)5/h6,9H,7H2,1-5H3.